The number of carbonyl (C=O) groups excluding carboxylic acids is 2. The predicted molar refractivity (Wildman–Crippen MR) is 122 cm³/mol. The van der Waals surface area contributed by atoms with Gasteiger partial charge in [-0.05, 0) is 19.5 Å². The second kappa shape index (κ2) is 9.82. The van der Waals surface area contributed by atoms with E-state index in [1.165, 1.54) is 0 Å². The van der Waals surface area contributed by atoms with Gasteiger partial charge in [-0.3, -0.25) is 14.7 Å². The van der Waals surface area contributed by atoms with E-state index in [2.05, 4.69) is 47.6 Å². The van der Waals surface area contributed by atoms with E-state index in [1.54, 1.807) is 0 Å². The van der Waals surface area contributed by atoms with Crippen molar-refractivity contribution in [1.29, 1.82) is 0 Å². The average molecular weight is 439 g/mol. The maximum Gasteiger partial charge on any atom is 0.290 e. The van der Waals surface area contributed by atoms with Gasteiger partial charge in [0.2, 0.25) is 17.7 Å². The summed E-state index contributed by atoms with van der Waals surface area (Å²) in [4.78, 5) is 37.4. The second-order valence-electron chi connectivity index (χ2n) is 8.14. The lowest BCUT2D eigenvalue weighted by Gasteiger charge is -2.31. The number of likely N-dealkylation sites (N-methyl/N-ethyl adjacent to an activating group) is 1. The van der Waals surface area contributed by atoms with Gasteiger partial charge in [0, 0.05) is 55.3 Å². The third-order valence-electron chi connectivity index (χ3n) is 5.75. The summed E-state index contributed by atoms with van der Waals surface area (Å²) in [5.74, 6) is 0.0903. The Morgan fingerprint density at radius 2 is 1.94 bits per heavy atom. The molecule has 2 aromatic heterocycles. The van der Waals surface area contributed by atoms with E-state index >= 15 is 0 Å². The van der Waals surface area contributed by atoms with Gasteiger partial charge >= 0.3 is 0 Å². The highest BCUT2D eigenvalue weighted by atomic mass is 16.2. The molecule has 1 atom stereocenters. The molecule has 170 valence electrons. The van der Waals surface area contributed by atoms with Crippen LogP contribution in [0.1, 0.15) is 48.5 Å². The molecule has 0 bridgehead atoms. The summed E-state index contributed by atoms with van der Waals surface area (Å²) in [7, 11) is 2.08. The van der Waals surface area contributed by atoms with Crippen LogP contribution >= 0.6 is 0 Å². The summed E-state index contributed by atoms with van der Waals surface area (Å²) in [5.41, 5.74) is 1.72. The van der Waals surface area contributed by atoms with Crippen LogP contribution < -0.4 is 15.5 Å². The molecule has 0 saturated carbocycles. The van der Waals surface area contributed by atoms with Gasteiger partial charge in [0.05, 0.1) is 0 Å². The standard InChI is InChI=1S/C22H30N8O2/c1-3-4-9-18(31)24-19(16-14-23-17-8-6-5-7-15(16)17)25-21(32)20-26-22(28-27-20)30-12-10-29(2)11-13-30/h5-8,14,19,23H,3-4,9-13H2,1-2H3,(H,24,31)(H,25,32)(H,26,27,28). The zero-order chi connectivity index (χ0) is 22.5. The normalized spacial score (nSPS) is 15.6. The van der Waals surface area contributed by atoms with Gasteiger partial charge in [-0.1, -0.05) is 31.5 Å². The molecule has 4 N–H and O–H groups in total. The Morgan fingerprint density at radius 1 is 1.16 bits per heavy atom. The Hall–Kier alpha value is -3.40. The zero-order valence-electron chi connectivity index (χ0n) is 18.5. The van der Waals surface area contributed by atoms with E-state index in [0.29, 0.717) is 12.4 Å². The molecular formula is C22H30N8O2. The number of carbonyl (C=O) groups is 2. The van der Waals surface area contributed by atoms with Crippen LogP contribution in [0.5, 0.6) is 0 Å². The molecule has 10 nitrogen and oxygen atoms in total. The third-order valence-corrected chi connectivity index (χ3v) is 5.75. The molecular weight excluding hydrogens is 408 g/mol. The van der Waals surface area contributed by atoms with Crippen molar-refractivity contribution in [3.63, 3.8) is 0 Å². The molecule has 0 spiro atoms. The highest BCUT2D eigenvalue weighted by Crippen LogP contribution is 2.23. The Morgan fingerprint density at radius 3 is 2.72 bits per heavy atom. The predicted octanol–water partition coefficient (Wildman–Crippen LogP) is 1.77. The van der Waals surface area contributed by atoms with Gasteiger partial charge in [-0.25, -0.2) is 0 Å². The summed E-state index contributed by atoms with van der Waals surface area (Å²) < 4.78 is 0. The monoisotopic (exact) mass is 438 g/mol. The van der Waals surface area contributed by atoms with Crippen molar-refractivity contribution in [1.82, 2.24) is 35.7 Å². The lowest BCUT2D eigenvalue weighted by Crippen LogP contribution is -2.45. The van der Waals surface area contributed by atoms with Crippen molar-refractivity contribution < 1.29 is 9.59 Å². The zero-order valence-corrected chi connectivity index (χ0v) is 18.5. The van der Waals surface area contributed by atoms with E-state index in [4.69, 9.17) is 0 Å². The van der Waals surface area contributed by atoms with E-state index in [-0.39, 0.29) is 11.7 Å². The van der Waals surface area contributed by atoms with Crippen molar-refractivity contribution in [3.8, 4) is 0 Å². The number of anilines is 1. The Bertz CT molecular complexity index is 1070. The highest BCUT2D eigenvalue weighted by Gasteiger charge is 2.24. The van der Waals surface area contributed by atoms with E-state index in [0.717, 1.165) is 55.5 Å². The molecule has 4 rings (SSSR count). The van der Waals surface area contributed by atoms with Crippen molar-refractivity contribution in [2.24, 2.45) is 0 Å². The summed E-state index contributed by atoms with van der Waals surface area (Å²) in [6.07, 6.45) is 3.23. The number of aromatic amines is 2. The maximum atomic E-state index is 13.0. The number of hydrogen-bond acceptors (Lipinski definition) is 6. The smallest absolute Gasteiger partial charge is 0.290 e. The van der Waals surface area contributed by atoms with Crippen molar-refractivity contribution >= 4 is 28.7 Å². The minimum absolute atomic E-state index is 0.113. The highest BCUT2D eigenvalue weighted by molar-refractivity contribution is 5.92. The number of hydrogen-bond donors (Lipinski definition) is 4. The molecule has 1 aromatic carbocycles. The molecule has 1 fully saturated rings. The molecule has 1 unspecified atom stereocenters. The molecule has 3 heterocycles. The fourth-order valence-electron chi connectivity index (χ4n) is 3.80. The molecule has 2 amide bonds. The third kappa shape index (κ3) is 4.91. The van der Waals surface area contributed by atoms with E-state index < -0.39 is 12.1 Å². The van der Waals surface area contributed by atoms with Crippen LogP contribution in [0.25, 0.3) is 10.9 Å². The van der Waals surface area contributed by atoms with Gasteiger partial charge in [0.25, 0.3) is 5.91 Å². The summed E-state index contributed by atoms with van der Waals surface area (Å²) in [6.45, 7) is 5.49. The van der Waals surface area contributed by atoms with Crippen LogP contribution in [0, 0.1) is 0 Å². The number of benzene rings is 1. The number of aromatic nitrogens is 4. The average Bonchev–Trinajstić information content (AvgIpc) is 3.45. The summed E-state index contributed by atoms with van der Waals surface area (Å²) in [5, 5.41) is 13.8. The molecule has 32 heavy (non-hydrogen) atoms. The largest absolute Gasteiger partial charge is 0.361 e. The van der Waals surface area contributed by atoms with Crippen LogP contribution in [-0.4, -0.2) is 70.1 Å². The lowest BCUT2D eigenvalue weighted by molar-refractivity contribution is -0.122. The Labute approximate surface area is 186 Å². The Kier molecular flexibility index (Phi) is 6.69. The molecule has 1 saturated heterocycles. The van der Waals surface area contributed by atoms with E-state index in [1.807, 2.05) is 37.4 Å². The van der Waals surface area contributed by atoms with Crippen LogP contribution in [-0.2, 0) is 4.79 Å². The number of rotatable bonds is 8. The van der Waals surface area contributed by atoms with E-state index in [9.17, 15) is 9.59 Å². The van der Waals surface area contributed by atoms with Crippen LogP contribution in [0.4, 0.5) is 5.95 Å². The first-order valence-electron chi connectivity index (χ1n) is 11.1. The van der Waals surface area contributed by atoms with Crippen LogP contribution in [0.15, 0.2) is 30.5 Å². The molecule has 3 aromatic rings. The maximum absolute atomic E-state index is 13.0. The van der Waals surface area contributed by atoms with Gasteiger partial charge in [0.1, 0.15) is 6.17 Å². The number of unbranched alkanes of at least 4 members (excludes halogenated alkanes) is 1. The number of piperazine rings is 1. The first kappa shape index (κ1) is 21.8. The Balaban J connectivity index is 1.51. The number of nitrogens with one attached hydrogen (secondary N) is 4. The van der Waals surface area contributed by atoms with Crippen molar-refractivity contribution in [2.45, 2.75) is 32.4 Å². The number of nitrogens with zero attached hydrogens (tertiary/aromatic N) is 4. The molecule has 0 radical (unpaired) electrons. The number of H-pyrrole nitrogens is 2. The van der Waals surface area contributed by atoms with Gasteiger partial charge in [0.15, 0.2) is 0 Å². The number of para-hydroxylation sites is 1. The number of amides is 2. The lowest BCUT2D eigenvalue weighted by atomic mass is 10.1. The van der Waals surface area contributed by atoms with Crippen LogP contribution in [0.3, 0.4) is 0 Å². The van der Waals surface area contributed by atoms with Crippen LogP contribution in [0.2, 0.25) is 0 Å². The fraction of sp³-hybridized carbons (Fsp3) is 0.455. The SMILES string of the molecule is CCCCC(=O)NC(NC(=O)c1nc(N2CCN(C)CC2)n[nH]1)c1c[nH]c2ccccc12. The molecule has 10 heteroatoms. The van der Waals surface area contributed by atoms with Gasteiger partial charge in [-0.15, -0.1) is 5.10 Å². The summed E-state index contributed by atoms with van der Waals surface area (Å²) in [6, 6.07) is 7.77. The minimum atomic E-state index is -0.694. The van der Waals surface area contributed by atoms with Crippen molar-refractivity contribution in [2.75, 3.05) is 38.1 Å². The summed E-state index contributed by atoms with van der Waals surface area (Å²) >= 11 is 0. The topological polar surface area (TPSA) is 122 Å². The minimum Gasteiger partial charge on any atom is -0.361 e. The van der Waals surface area contributed by atoms with Gasteiger partial charge in [-0.2, -0.15) is 4.98 Å². The van der Waals surface area contributed by atoms with Gasteiger partial charge < -0.3 is 25.4 Å². The first-order chi connectivity index (χ1) is 15.5. The molecule has 1 aliphatic rings. The first-order valence-corrected chi connectivity index (χ1v) is 11.1. The van der Waals surface area contributed by atoms with Crippen molar-refractivity contribution in [3.05, 3.63) is 41.9 Å². The fourth-order valence-corrected chi connectivity index (χ4v) is 3.80. The quantitative estimate of drug-likeness (QED) is 0.398. The molecule has 1 aliphatic heterocycles. The number of fused-ring (bicyclic) bond motifs is 1. The molecule has 0 aliphatic carbocycles. The second-order valence-corrected chi connectivity index (χ2v) is 8.14.